The van der Waals surface area contributed by atoms with Gasteiger partial charge in [-0.15, -0.1) is 0 Å². The highest BCUT2D eigenvalue weighted by molar-refractivity contribution is 4.98. The summed E-state index contributed by atoms with van der Waals surface area (Å²) in [6.45, 7) is 3.74. The van der Waals surface area contributed by atoms with Crippen LogP contribution >= 0.6 is 0 Å². The molecule has 0 saturated carbocycles. The van der Waals surface area contributed by atoms with Crippen LogP contribution in [0.3, 0.4) is 0 Å². The van der Waals surface area contributed by atoms with Crippen molar-refractivity contribution in [3.05, 3.63) is 11.9 Å². The zero-order chi connectivity index (χ0) is 10.7. The molecule has 0 spiro atoms. The fourth-order valence-corrected chi connectivity index (χ4v) is 2.14. The molecule has 1 unspecified atom stereocenters. The Kier molecular flexibility index (Phi) is 3.76. The van der Waals surface area contributed by atoms with E-state index >= 15 is 0 Å². The van der Waals surface area contributed by atoms with Gasteiger partial charge in [-0.1, -0.05) is 13.0 Å². The number of allylic oxidation sites excluding steroid dienone is 2. The zero-order valence-electron chi connectivity index (χ0n) is 9.25. The Hall–Kier alpha value is -0.410. The lowest BCUT2D eigenvalue weighted by atomic mass is 9.92. The van der Waals surface area contributed by atoms with E-state index in [1.165, 1.54) is 0 Å². The van der Waals surface area contributed by atoms with E-state index in [0.29, 0.717) is 18.3 Å². The molecule has 1 saturated heterocycles. The van der Waals surface area contributed by atoms with Crippen LogP contribution in [0.1, 0.15) is 32.6 Å². The van der Waals surface area contributed by atoms with E-state index in [1.54, 1.807) is 6.08 Å². The summed E-state index contributed by atoms with van der Waals surface area (Å²) in [7, 11) is 0. The van der Waals surface area contributed by atoms with Gasteiger partial charge in [-0.3, -0.25) is 0 Å². The summed E-state index contributed by atoms with van der Waals surface area (Å²) in [6, 6.07) is 0. The molecule has 1 fully saturated rings. The molecule has 0 aromatic heterocycles. The van der Waals surface area contributed by atoms with Crippen LogP contribution in [0.5, 0.6) is 0 Å². The number of hydrogen-bond donors (Lipinski definition) is 0. The molecule has 2 aliphatic rings. The van der Waals surface area contributed by atoms with E-state index in [2.05, 4.69) is 6.92 Å². The average molecular weight is 214 g/mol. The number of rotatable bonds is 2. The summed E-state index contributed by atoms with van der Waals surface area (Å²) in [5.74, 6) is 0.910. The van der Waals surface area contributed by atoms with Gasteiger partial charge in [-0.05, 0) is 25.7 Å². The van der Waals surface area contributed by atoms with E-state index in [-0.39, 0.29) is 12.1 Å². The van der Waals surface area contributed by atoms with Crippen LogP contribution in [0.25, 0.3) is 0 Å². The van der Waals surface area contributed by atoms with Crippen LogP contribution in [0.15, 0.2) is 11.9 Å². The van der Waals surface area contributed by atoms with Crippen LogP contribution in [-0.2, 0) is 9.47 Å². The first kappa shape index (κ1) is 11.1. The van der Waals surface area contributed by atoms with Gasteiger partial charge >= 0.3 is 0 Å². The van der Waals surface area contributed by atoms with Crippen LogP contribution in [-0.4, -0.2) is 19.5 Å². The molecule has 3 heteroatoms. The SMILES string of the molecule is CCC1COC(C2CC=C(F)CC2)OC1. The molecule has 0 aromatic rings. The highest BCUT2D eigenvalue weighted by Crippen LogP contribution is 2.30. The van der Waals surface area contributed by atoms with Gasteiger partial charge in [0.05, 0.1) is 19.0 Å². The van der Waals surface area contributed by atoms with Crippen LogP contribution in [0, 0.1) is 11.8 Å². The maximum Gasteiger partial charge on any atom is 0.160 e. The summed E-state index contributed by atoms with van der Waals surface area (Å²) in [6.07, 6.45) is 4.83. The molecule has 0 aromatic carbocycles. The van der Waals surface area contributed by atoms with Gasteiger partial charge in [0, 0.05) is 11.8 Å². The molecule has 0 radical (unpaired) electrons. The van der Waals surface area contributed by atoms with Crippen molar-refractivity contribution in [2.45, 2.75) is 38.9 Å². The van der Waals surface area contributed by atoms with Crippen molar-refractivity contribution in [3.8, 4) is 0 Å². The summed E-state index contributed by atoms with van der Waals surface area (Å²) in [4.78, 5) is 0. The van der Waals surface area contributed by atoms with E-state index < -0.39 is 0 Å². The monoisotopic (exact) mass is 214 g/mol. The fourth-order valence-electron chi connectivity index (χ4n) is 2.14. The second kappa shape index (κ2) is 5.08. The van der Waals surface area contributed by atoms with Crippen molar-refractivity contribution in [2.75, 3.05) is 13.2 Å². The normalized spacial score (nSPS) is 37.5. The van der Waals surface area contributed by atoms with Gasteiger partial charge in [0.15, 0.2) is 6.29 Å². The molecule has 2 rings (SSSR count). The zero-order valence-corrected chi connectivity index (χ0v) is 9.25. The minimum absolute atomic E-state index is 0.0218. The van der Waals surface area contributed by atoms with Crippen molar-refractivity contribution >= 4 is 0 Å². The quantitative estimate of drug-likeness (QED) is 0.703. The third kappa shape index (κ3) is 2.79. The van der Waals surface area contributed by atoms with Crippen molar-refractivity contribution in [1.29, 1.82) is 0 Å². The summed E-state index contributed by atoms with van der Waals surface area (Å²) < 4.78 is 24.2. The summed E-state index contributed by atoms with van der Waals surface area (Å²) in [5.41, 5.74) is 0. The van der Waals surface area contributed by atoms with E-state index in [4.69, 9.17) is 9.47 Å². The average Bonchev–Trinajstić information content (AvgIpc) is 2.30. The highest BCUT2D eigenvalue weighted by Gasteiger charge is 2.29. The van der Waals surface area contributed by atoms with Crippen molar-refractivity contribution in [3.63, 3.8) is 0 Å². The minimum atomic E-state index is -0.0999. The summed E-state index contributed by atoms with van der Waals surface area (Å²) >= 11 is 0. The Morgan fingerprint density at radius 3 is 2.67 bits per heavy atom. The lowest BCUT2D eigenvalue weighted by Crippen LogP contribution is -2.37. The highest BCUT2D eigenvalue weighted by atomic mass is 19.1. The first-order chi connectivity index (χ1) is 7.29. The van der Waals surface area contributed by atoms with Crippen LogP contribution in [0.2, 0.25) is 0 Å². The largest absolute Gasteiger partial charge is 0.352 e. The third-order valence-electron chi connectivity index (χ3n) is 3.35. The molecular formula is C12H19FO2. The molecule has 0 N–H and O–H groups in total. The summed E-state index contributed by atoms with van der Waals surface area (Å²) in [5, 5.41) is 0. The van der Waals surface area contributed by atoms with E-state index in [1.807, 2.05) is 0 Å². The number of hydrogen-bond acceptors (Lipinski definition) is 2. The lowest BCUT2D eigenvalue weighted by molar-refractivity contribution is -0.225. The molecule has 15 heavy (non-hydrogen) atoms. The lowest BCUT2D eigenvalue weighted by Gasteiger charge is -2.34. The molecule has 0 amide bonds. The molecule has 86 valence electrons. The maximum absolute atomic E-state index is 12.8. The second-order valence-electron chi connectivity index (χ2n) is 4.49. The van der Waals surface area contributed by atoms with Gasteiger partial charge in [0.1, 0.15) is 0 Å². The molecular weight excluding hydrogens is 195 g/mol. The maximum atomic E-state index is 12.8. The van der Waals surface area contributed by atoms with Gasteiger partial charge in [-0.2, -0.15) is 0 Å². The predicted octanol–water partition coefficient (Wildman–Crippen LogP) is 3.04. The smallest absolute Gasteiger partial charge is 0.160 e. The third-order valence-corrected chi connectivity index (χ3v) is 3.35. The first-order valence-corrected chi connectivity index (χ1v) is 5.87. The molecule has 1 heterocycles. The molecule has 0 bridgehead atoms. The predicted molar refractivity (Wildman–Crippen MR) is 56.0 cm³/mol. The Morgan fingerprint density at radius 1 is 1.40 bits per heavy atom. The molecule has 2 nitrogen and oxygen atoms in total. The second-order valence-corrected chi connectivity index (χ2v) is 4.49. The molecule has 1 aliphatic carbocycles. The van der Waals surface area contributed by atoms with Gasteiger partial charge in [0.25, 0.3) is 0 Å². The van der Waals surface area contributed by atoms with Crippen molar-refractivity contribution in [2.24, 2.45) is 11.8 Å². The minimum Gasteiger partial charge on any atom is -0.352 e. The number of ether oxygens (including phenoxy) is 2. The van der Waals surface area contributed by atoms with Crippen LogP contribution in [0.4, 0.5) is 4.39 Å². The topological polar surface area (TPSA) is 18.5 Å². The molecule has 1 aliphatic heterocycles. The first-order valence-electron chi connectivity index (χ1n) is 5.87. The van der Waals surface area contributed by atoms with Crippen LogP contribution < -0.4 is 0 Å². The number of halogens is 1. The Bertz CT molecular complexity index is 232. The standard InChI is InChI=1S/C12H19FO2/c1-2-9-7-14-12(15-8-9)10-3-5-11(13)6-4-10/h5,9-10,12H,2-4,6-8H2,1H3. The van der Waals surface area contributed by atoms with Crippen molar-refractivity contribution in [1.82, 2.24) is 0 Å². The van der Waals surface area contributed by atoms with Crippen molar-refractivity contribution < 1.29 is 13.9 Å². The Labute approximate surface area is 90.4 Å². The Balaban J connectivity index is 1.81. The van der Waals surface area contributed by atoms with Gasteiger partial charge in [-0.25, -0.2) is 4.39 Å². The Morgan fingerprint density at radius 2 is 2.13 bits per heavy atom. The van der Waals surface area contributed by atoms with E-state index in [9.17, 15) is 4.39 Å². The van der Waals surface area contributed by atoms with Gasteiger partial charge < -0.3 is 9.47 Å². The molecule has 1 atom stereocenters. The van der Waals surface area contributed by atoms with E-state index in [0.717, 1.165) is 32.5 Å². The van der Waals surface area contributed by atoms with Gasteiger partial charge in [0.2, 0.25) is 0 Å². The fraction of sp³-hybridized carbons (Fsp3) is 0.833.